The molecule has 30 heavy (non-hydrogen) atoms. The van der Waals surface area contributed by atoms with Crippen molar-refractivity contribution in [2.75, 3.05) is 32.7 Å². The van der Waals surface area contributed by atoms with E-state index in [0.29, 0.717) is 18.8 Å². The summed E-state index contributed by atoms with van der Waals surface area (Å²) in [6, 6.07) is 15.6. The second-order valence-corrected chi connectivity index (χ2v) is 8.16. The molecule has 6 nitrogen and oxygen atoms in total. The molecule has 0 spiro atoms. The second kappa shape index (κ2) is 9.65. The van der Waals surface area contributed by atoms with Gasteiger partial charge in [0.15, 0.2) is 0 Å². The van der Waals surface area contributed by atoms with Crippen LogP contribution in [0.15, 0.2) is 71.1 Å². The van der Waals surface area contributed by atoms with Gasteiger partial charge in [-0.2, -0.15) is 0 Å². The van der Waals surface area contributed by atoms with Crippen LogP contribution in [0.5, 0.6) is 0 Å². The Morgan fingerprint density at radius 2 is 1.87 bits per heavy atom. The minimum Gasteiger partial charge on any atom is -0.339 e. The monoisotopic (exact) mass is 420 g/mol. The first-order chi connectivity index (χ1) is 14.7. The summed E-state index contributed by atoms with van der Waals surface area (Å²) in [5.41, 5.74) is 1.64. The van der Waals surface area contributed by atoms with Gasteiger partial charge in [0, 0.05) is 38.8 Å². The fourth-order valence-electron chi connectivity index (χ4n) is 3.43. The number of carbonyl (C=O) groups is 1. The van der Waals surface area contributed by atoms with Gasteiger partial charge in [-0.3, -0.25) is 19.1 Å². The molecule has 0 aliphatic carbocycles. The molecule has 1 fully saturated rings. The molecule has 1 amide bonds. The Morgan fingerprint density at radius 3 is 2.57 bits per heavy atom. The average molecular weight is 421 g/mol. The molecule has 0 bridgehead atoms. The highest BCUT2D eigenvalue weighted by atomic mass is 32.1. The van der Waals surface area contributed by atoms with Gasteiger partial charge < -0.3 is 4.90 Å². The zero-order valence-electron chi connectivity index (χ0n) is 16.7. The lowest BCUT2D eigenvalue weighted by molar-refractivity contribution is -0.133. The third-order valence-corrected chi connectivity index (χ3v) is 6.05. The van der Waals surface area contributed by atoms with E-state index >= 15 is 0 Å². The number of aromatic nitrogens is 2. The zero-order chi connectivity index (χ0) is 20.8. The number of hydrogen-bond donors (Lipinski definition) is 0. The molecule has 0 radical (unpaired) electrons. The lowest BCUT2D eigenvalue weighted by Crippen LogP contribution is -2.49. The quantitative estimate of drug-likeness (QED) is 0.615. The van der Waals surface area contributed by atoms with E-state index in [-0.39, 0.29) is 18.0 Å². The molecule has 7 heteroatoms. The molecular weight excluding hydrogens is 396 g/mol. The standard InChI is InChI=1S/C23H24N4O2S/c28-22-16-20(21-9-5-15-30-21)24-18-27(22)17-23(29)26-13-11-25(12-14-26)10-4-8-19-6-2-1-3-7-19/h1-9,15-16,18H,10-14,17H2/b8-4+. The van der Waals surface area contributed by atoms with Gasteiger partial charge in [0.2, 0.25) is 5.91 Å². The van der Waals surface area contributed by atoms with Crippen molar-refractivity contribution in [3.8, 4) is 10.6 Å². The highest BCUT2D eigenvalue weighted by Crippen LogP contribution is 2.20. The molecule has 0 unspecified atom stereocenters. The molecule has 154 valence electrons. The lowest BCUT2D eigenvalue weighted by atomic mass is 10.2. The normalized spacial score (nSPS) is 15.0. The number of rotatable bonds is 6. The Balaban J connectivity index is 1.27. The summed E-state index contributed by atoms with van der Waals surface area (Å²) < 4.78 is 1.38. The fourth-order valence-corrected chi connectivity index (χ4v) is 4.12. The van der Waals surface area contributed by atoms with Crippen LogP contribution >= 0.6 is 11.3 Å². The highest BCUT2D eigenvalue weighted by molar-refractivity contribution is 7.13. The third kappa shape index (κ3) is 5.11. The minimum absolute atomic E-state index is 0.0322. The summed E-state index contributed by atoms with van der Waals surface area (Å²) in [6.45, 7) is 3.90. The number of amides is 1. The maximum absolute atomic E-state index is 12.6. The summed E-state index contributed by atoms with van der Waals surface area (Å²) in [5.74, 6) is -0.0396. The minimum atomic E-state index is -0.202. The Bertz CT molecular complexity index is 1050. The van der Waals surface area contributed by atoms with Crippen molar-refractivity contribution in [1.82, 2.24) is 19.4 Å². The van der Waals surface area contributed by atoms with Crippen molar-refractivity contribution < 1.29 is 4.79 Å². The SMILES string of the molecule is O=C(Cn1cnc(-c2cccs2)cc1=O)N1CCN(C/C=C/c2ccccc2)CC1. The number of nitrogens with zero attached hydrogens (tertiary/aromatic N) is 4. The summed E-state index contributed by atoms with van der Waals surface area (Å²) in [5, 5.41) is 1.95. The van der Waals surface area contributed by atoms with Crippen molar-refractivity contribution in [1.29, 1.82) is 0 Å². The van der Waals surface area contributed by atoms with Crippen molar-refractivity contribution in [2.24, 2.45) is 0 Å². The Kier molecular flexibility index (Phi) is 6.51. The van der Waals surface area contributed by atoms with Crippen LogP contribution in [0.25, 0.3) is 16.6 Å². The van der Waals surface area contributed by atoms with Crippen LogP contribution in [-0.4, -0.2) is 58.0 Å². The number of piperazine rings is 1. The van der Waals surface area contributed by atoms with Crippen LogP contribution in [0.2, 0.25) is 0 Å². The molecule has 1 saturated heterocycles. The van der Waals surface area contributed by atoms with Crippen LogP contribution in [0.4, 0.5) is 0 Å². The molecule has 0 N–H and O–H groups in total. The van der Waals surface area contributed by atoms with E-state index < -0.39 is 0 Å². The predicted octanol–water partition coefficient (Wildman–Crippen LogP) is 2.83. The van der Waals surface area contributed by atoms with Crippen LogP contribution in [-0.2, 0) is 11.3 Å². The molecule has 0 atom stereocenters. The second-order valence-electron chi connectivity index (χ2n) is 7.21. The number of thiophene rings is 1. The predicted molar refractivity (Wildman–Crippen MR) is 120 cm³/mol. The van der Waals surface area contributed by atoms with E-state index in [1.54, 1.807) is 0 Å². The van der Waals surface area contributed by atoms with Crippen molar-refractivity contribution >= 4 is 23.3 Å². The summed E-state index contributed by atoms with van der Waals surface area (Å²) in [7, 11) is 0. The molecule has 0 saturated carbocycles. The van der Waals surface area contributed by atoms with Gasteiger partial charge >= 0.3 is 0 Å². The van der Waals surface area contributed by atoms with Gasteiger partial charge in [-0.25, -0.2) is 4.98 Å². The number of hydrogen-bond acceptors (Lipinski definition) is 5. The van der Waals surface area contributed by atoms with Crippen LogP contribution in [0.1, 0.15) is 5.56 Å². The van der Waals surface area contributed by atoms with Crippen LogP contribution < -0.4 is 5.56 Å². The largest absolute Gasteiger partial charge is 0.339 e. The van der Waals surface area contributed by atoms with E-state index in [4.69, 9.17) is 0 Å². The van der Waals surface area contributed by atoms with Gasteiger partial charge in [-0.15, -0.1) is 11.3 Å². The van der Waals surface area contributed by atoms with Gasteiger partial charge in [-0.05, 0) is 17.0 Å². The van der Waals surface area contributed by atoms with Gasteiger partial charge in [0.25, 0.3) is 5.56 Å². The van der Waals surface area contributed by atoms with Crippen molar-refractivity contribution in [3.63, 3.8) is 0 Å². The molecule has 4 rings (SSSR count). The van der Waals surface area contributed by atoms with Gasteiger partial charge in [-0.1, -0.05) is 48.6 Å². The van der Waals surface area contributed by atoms with E-state index in [0.717, 1.165) is 24.5 Å². The van der Waals surface area contributed by atoms with Crippen molar-refractivity contribution in [2.45, 2.75) is 6.54 Å². The molecule has 1 aliphatic heterocycles. The summed E-state index contributed by atoms with van der Waals surface area (Å²) in [6.07, 6.45) is 5.75. The maximum Gasteiger partial charge on any atom is 0.254 e. The first-order valence-corrected chi connectivity index (χ1v) is 10.9. The van der Waals surface area contributed by atoms with Crippen LogP contribution in [0, 0.1) is 0 Å². The van der Waals surface area contributed by atoms with E-state index in [2.05, 4.69) is 34.2 Å². The first-order valence-electron chi connectivity index (χ1n) is 10.0. The van der Waals surface area contributed by atoms with Gasteiger partial charge in [0.1, 0.15) is 6.54 Å². The summed E-state index contributed by atoms with van der Waals surface area (Å²) in [4.78, 5) is 34.5. The first kappa shape index (κ1) is 20.3. The molecule has 3 aromatic rings. The lowest BCUT2D eigenvalue weighted by Gasteiger charge is -2.34. The van der Waals surface area contributed by atoms with Gasteiger partial charge in [0.05, 0.1) is 16.9 Å². The molecule has 1 aliphatic rings. The number of benzene rings is 1. The smallest absolute Gasteiger partial charge is 0.254 e. The van der Waals surface area contributed by atoms with E-state index in [1.807, 2.05) is 40.6 Å². The Morgan fingerprint density at radius 1 is 1.07 bits per heavy atom. The van der Waals surface area contributed by atoms with E-state index in [9.17, 15) is 9.59 Å². The Labute approximate surface area is 179 Å². The van der Waals surface area contributed by atoms with E-state index in [1.165, 1.54) is 33.9 Å². The zero-order valence-corrected chi connectivity index (χ0v) is 17.5. The Hall–Kier alpha value is -3.03. The molecular formula is C23H24N4O2S. The fraction of sp³-hybridized carbons (Fsp3) is 0.261. The molecule has 3 heterocycles. The third-order valence-electron chi connectivity index (χ3n) is 5.16. The number of carbonyl (C=O) groups excluding carboxylic acids is 1. The summed E-state index contributed by atoms with van der Waals surface area (Å²) >= 11 is 1.54. The van der Waals surface area contributed by atoms with Crippen LogP contribution in [0.3, 0.4) is 0 Å². The molecule has 1 aromatic carbocycles. The maximum atomic E-state index is 12.6. The highest BCUT2D eigenvalue weighted by Gasteiger charge is 2.21. The van der Waals surface area contributed by atoms with Crippen molar-refractivity contribution in [3.05, 3.63) is 82.2 Å². The average Bonchev–Trinajstić information content (AvgIpc) is 3.31. The molecule has 2 aromatic heterocycles. The topological polar surface area (TPSA) is 58.4 Å².